The van der Waals surface area contributed by atoms with Crippen LogP contribution in [0.25, 0.3) is 6.08 Å². The summed E-state index contributed by atoms with van der Waals surface area (Å²) in [6.07, 6.45) is 3.02. The largest absolute Gasteiger partial charge is 0.489 e. The van der Waals surface area contributed by atoms with Gasteiger partial charge in [-0.3, -0.25) is 4.79 Å². The molecule has 0 aliphatic rings. The van der Waals surface area contributed by atoms with Crippen molar-refractivity contribution in [1.82, 2.24) is 0 Å². The van der Waals surface area contributed by atoms with Crippen LogP contribution in [-0.2, 0) is 4.79 Å². The van der Waals surface area contributed by atoms with Gasteiger partial charge in [0.05, 0.1) is 0 Å². The lowest BCUT2D eigenvalue weighted by molar-refractivity contribution is -0.112. The second kappa shape index (κ2) is 10.1. The van der Waals surface area contributed by atoms with Gasteiger partial charge in [-0.25, -0.2) is 0 Å². The van der Waals surface area contributed by atoms with Gasteiger partial charge in [0.2, 0.25) is 0 Å². The number of rotatable bonds is 8. The number of alkyl halides is 2. The summed E-state index contributed by atoms with van der Waals surface area (Å²) in [5, 5.41) is 11.9. The summed E-state index contributed by atoms with van der Waals surface area (Å²) < 4.78 is 30.2. The van der Waals surface area contributed by atoms with E-state index in [0.717, 1.165) is 0 Å². The normalized spacial score (nSPS) is 11.0. The van der Waals surface area contributed by atoms with Gasteiger partial charge in [-0.05, 0) is 36.4 Å². The van der Waals surface area contributed by atoms with Crippen LogP contribution < -0.4 is 10.1 Å². The van der Waals surface area contributed by atoms with Crippen molar-refractivity contribution in [3.8, 4) is 11.8 Å². The molecule has 0 heterocycles. The molecule has 2 aromatic rings. The summed E-state index contributed by atoms with van der Waals surface area (Å²) in [6, 6.07) is 14.8. The molecule has 0 atom stereocenters. The van der Waals surface area contributed by atoms with E-state index >= 15 is 0 Å². The maximum absolute atomic E-state index is 12.4. The number of carbonyl (C=O) groups excluding carboxylic acids is 1. The zero-order valence-electron chi connectivity index (χ0n) is 14.2. The molecule has 1 N–H and O–H groups in total. The minimum absolute atomic E-state index is 0.115. The molecule has 0 fully saturated rings. The zero-order valence-corrected chi connectivity index (χ0v) is 15.0. The molecule has 0 saturated heterocycles. The molecular formula is C20H16F2N2O2S. The molecule has 2 aromatic carbocycles. The summed E-state index contributed by atoms with van der Waals surface area (Å²) >= 11 is 0.416. The van der Waals surface area contributed by atoms with Gasteiger partial charge in [-0.15, -0.1) is 0 Å². The minimum atomic E-state index is -2.51. The fourth-order valence-electron chi connectivity index (χ4n) is 2.10. The molecule has 0 aromatic heterocycles. The number of para-hydroxylation sites is 1. The van der Waals surface area contributed by atoms with Crippen molar-refractivity contribution in [2.45, 2.75) is 10.7 Å². The number of hydrogen-bond donors (Lipinski definition) is 1. The minimum Gasteiger partial charge on any atom is -0.489 e. The number of nitrogens with one attached hydrogen (secondary N) is 1. The van der Waals surface area contributed by atoms with E-state index in [2.05, 4.69) is 11.9 Å². The molecule has 7 heteroatoms. The summed E-state index contributed by atoms with van der Waals surface area (Å²) in [5.41, 5.74) is 0.862. The number of nitrogens with zero attached hydrogens (tertiary/aromatic N) is 1. The average Bonchev–Trinajstić information content (AvgIpc) is 2.66. The number of anilines is 1. The lowest BCUT2D eigenvalue weighted by Crippen LogP contribution is -2.13. The third-order valence-corrected chi connectivity index (χ3v) is 4.00. The lowest BCUT2D eigenvalue weighted by atomic mass is 10.1. The maximum Gasteiger partial charge on any atom is 0.288 e. The predicted octanol–water partition coefficient (Wildman–Crippen LogP) is 5.11. The van der Waals surface area contributed by atoms with Crippen molar-refractivity contribution in [3.63, 3.8) is 0 Å². The van der Waals surface area contributed by atoms with Crippen LogP contribution in [0.1, 0.15) is 5.56 Å². The molecule has 1 amide bonds. The Balaban J connectivity index is 2.15. The molecule has 0 aliphatic carbocycles. The molecule has 0 spiro atoms. The van der Waals surface area contributed by atoms with Gasteiger partial charge in [0.15, 0.2) is 0 Å². The first kappa shape index (κ1) is 20.2. The highest BCUT2D eigenvalue weighted by Gasteiger charge is 2.12. The van der Waals surface area contributed by atoms with Gasteiger partial charge in [0, 0.05) is 16.1 Å². The Kier molecular flexibility index (Phi) is 7.59. The molecule has 0 saturated carbocycles. The SMILES string of the molecule is C=CCOc1ccccc1/C=C(\C#N)C(=O)Nc1ccc(SC(F)F)cc1. The Bertz CT molecular complexity index is 874. The van der Waals surface area contributed by atoms with Crippen LogP contribution in [0.3, 0.4) is 0 Å². The second-order valence-electron chi connectivity index (χ2n) is 5.16. The topological polar surface area (TPSA) is 62.1 Å². The smallest absolute Gasteiger partial charge is 0.288 e. The number of ether oxygens (including phenoxy) is 1. The fraction of sp³-hybridized carbons (Fsp3) is 0.100. The van der Waals surface area contributed by atoms with Crippen LogP contribution in [0.5, 0.6) is 5.75 Å². The number of halogens is 2. The fourth-order valence-corrected chi connectivity index (χ4v) is 2.60. The van der Waals surface area contributed by atoms with E-state index in [4.69, 9.17) is 4.74 Å². The molecule has 27 heavy (non-hydrogen) atoms. The first-order valence-corrected chi connectivity index (χ1v) is 8.72. The average molecular weight is 386 g/mol. The van der Waals surface area contributed by atoms with Crippen molar-refractivity contribution in [3.05, 3.63) is 72.3 Å². The lowest BCUT2D eigenvalue weighted by Gasteiger charge is -2.08. The van der Waals surface area contributed by atoms with Gasteiger partial charge in [0.1, 0.15) is 24.0 Å². The van der Waals surface area contributed by atoms with E-state index in [0.29, 0.717) is 40.3 Å². The van der Waals surface area contributed by atoms with E-state index in [-0.39, 0.29) is 5.57 Å². The molecule has 0 bridgehead atoms. The number of nitriles is 1. The summed E-state index contributed by atoms with van der Waals surface area (Å²) in [7, 11) is 0. The Hall–Kier alpha value is -3.11. The number of thioether (sulfide) groups is 1. The highest BCUT2D eigenvalue weighted by molar-refractivity contribution is 7.99. The van der Waals surface area contributed by atoms with Gasteiger partial charge >= 0.3 is 0 Å². The van der Waals surface area contributed by atoms with E-state index in [9.17, 15) is 18.8 Å². The van der Waals surface area contributed by atoms with Gasteiger partial charge in [-0.2, -0.15) is 14.0 Å². The van der Waals surface area contributed by atoms with E-state index < -0.39 is 11.7 Å². The third-order valence-electron chi connectivity index (χ3n) is 3.28. The van der Waals surface area contributed by atoms with Crippen LogP contribution in [-0.4, -0.2) is 18.3 Å². The highest BCUT2D eigenvalue weighted by atomic mass is 32.2. The second-order valence-corrected chi connectivity index (χ2v) is 6.23. The molecule has 138 valence electrons. The van der Waals surface area contributed by atoms with Crippen LogP contribution in [0.4, 0.5) is 14.5 Å². The molecule has 2 rings (SSSR count). The Morgan fingerprint density at radius 2 is 1.96 bits per heavy atom. The van der Waals surface area contributed by atoms with Crippen LogP contribution in [0, 0.1) is 11.3 Å². The molecule has 4 nitrogen and oxygen atoms in total. The van der Waals surface area contributed by atoms with Crippen LogP contribution in [0.2, 0.25) is 0 Å². The number of carbonyl (C=O) groups is 1. The number of hydrogen-bond acceptors (Lipinski definition) is 4. The molecule has 0 radical (unpaired) electrons. The Morgan fingerprint density at radius 3 is 2.59 bits per heavy atom. The first-order valence-electron chi connectivity index (χ1n) is 7.84. The van der Waals surface area contributed by atoms with E-state index in [1.807, 2.05) is 6.07 Å². The summed E-state index contributed by atoms with van der Waals surface area (Å²) in [5.74, 6) is -2.60. The van der Waals surface area contributed by atoms with Crippen molar-refractivity contribution < 1.29 is 18.3 Å². The zero-order chi connectivity index (χ0) is 19.6. The summed E-state index contributed by atoms with van der Waals surface area (Å²) in [6.45, 7) is 3.87. The van der Waals surface area contributed by atoms with Crippen molar-refractivity contribution in [1.29, 1.82) is 5.26 Å². The third kappa shape index (κ3) is 6.28. The monoisotopic (exact) mass is 386 g/mol. The maximum atomic E-state index is 12.4. The Labute approximate surface area is 160 Å². The van der Waals surface area contributed by atoms with Gasteiger partial charge in [0.25, 0.3) is 11.7 Å². The molecule has 0 unspecified atom stereocenters. The quantitative estimate of drug-likeness (QED) is 0.296. The molecule has 0 aliphatic heterocycles. The van der Waals surface area contributed by atoms with Gasteiger partial charge < -0.3 is 10.1 Å². The standard InChI is InChI=1S/C20H16F2N2O2S/c1-2-11-26-18-6-4-3-5-14(18)12-15(13-23)19(25)24-16-7-9-17(10-8-16)27-20(21)22/h2-10,12,20H,1,11H2,(H,24,25)/b15-12+. The van der Waals surface area contributed by atoms with Crippen molar-refractivity contribution in [2.24, 2.45) is 0 Å². The van der Waals surface area contributed by atoms with Crippen molar-refractivity contribution >= 4 is 29.4 Å². The van der Waals surface area contributed by atoms with Crippen LogP contribution in [0.15, 0.2) is 71.7 Å². The van der Waals surface area contributed by atoms with E-state index in [1.165, 1.54) is 30.3 Å². The first-order chi connectivity index (χ1) is 13.0. The predicted molar refractivity (Wildman–Crippen MR) is 103 cm³/mol. The van der Waals surface area contributed by atoms with Crippen molar-refractivity contribution in [2.75, 3.05) is 11.9 Å². The Morgan fingerprint density at radius 1 is 1.26 bits per heavy atom. The number of amides is 1. The van der Waals surface area contributed by atoms with E-state index in [1.54, 1.807) is 30.3 Å². The van der Waals surface area contributed by atoms with Gasteiger partial charge in [-0.1, -0.05) is 42.6 Å². The summed E-state index contributed by atoms with van der Waals surface area (Å²) in [4.78, 5) is 12.7. The number of benzene rings is 2. The van der Waals surface area contributed by atoms with Crippen LogP contribution >= 0.6 is 11.8 Å². The highest BCUT2D eigenvalue weighted by Crippen LogP contribution is 2.26. The molecular weight excluding hydrogens is 370 g/mol.